The van der Waals surface area contributed by atoms with Gasteiger partial charge in [-0.2, -0.15) is 0 Å². The highest BCUT2D eigenvalue weighted by molar-refractivity contribution is 5.77. The van der Waals surface area contributed by atoms with Crippen LogP contribution in [0.5, 0.6) is 5.88 Å². The number of benzene rings is 1. The van der Waals surface area contributed by atoms with Crippen LogP contribution in [0.25, 0.3) is 0 Å². The van der Waals surface area contributed by atoms with E-state index in [1.807, 2.05) is 6.92 Å². The summed E-state index contributed by atoms with van der Waals surface area (Å²) in [5.41, 5.74) is 2.29. The maximum atomic E-state index is 11.6. The molecule has 1 atom stereocenters. The van der Waals surface area contributed by atoms with Crippen LogP contribution < -0.4 is 4.74 Å². The second kappa shape index (κ2) is 4.44. The van der Waals surface area contributed by atoms with E-state index in [1.165, 1.54) is 12.1 Å². The molecule has 3 rings (SSSR count). The van der Waals surface area contributed by atoms with Crippen molar-refractivity contribution in [3.8, 4) is 5.88 Å². The number of aromatic nitrogens is 2. The molecule has 1 unspecified atom stereocenters. The van der Waals surface area contributed by atoms with Gasteiger partial charge in [0.05, 0.1) is 11.3 Å². The third-order valence-electron chi connectivity index (χ3n) is 3.37. The fourth-order valence-electron chi connectivity index (χ4n) is 2.46. The number of fused-ring (bicyclic) bond motifs is 1. The molecule has 1 aromatic carbocycles. The van der Waals surface area contributed by atoms with Crippen LogP contribution in [-0.4, -0.2) is 21.1 Å². The highest BCUT2D eigenvalue weighted by Crippen LogP contribution is 2.39. The zero-order chi connectivity index (χ0) is 14.3. The highest BCUT2D eigenvalue weighted by atomic mass is 16.6. The smallest absolute Gasteiger partial charge is 0.313 e. The van der Waals surface area contributed by atoms with Crippen LogP contribution in [0.2, 0.25) is 0 Å². The maximum Gasteiger partial charge on any atom is 0.313 e. The third-order valence-corrected chi connectivity index (χ3v) is 3.37. The molecule has 7 nitrogen and oxygen atoms in total. The molecule has 20 heavy (non-hydrogen) atoms. The minimum Gasteiger partial charge on any atom is -0.405 e. The van der Waals surface area contributed by atoms with Gasteiger partial charge in [-0.3, -0.25) is 20.0 Å². The van der Waals surface area contributed by atoms with Gasteiger partial charge in [-0.1, -0.05) is 12.1 Å². The lowest BCUT2D eigenvalue weighted by atomic mass is 9.87. The molecule has 0 bridgehead atoms. The number of carbonyl (C=O) groups is 1. The normalized spacial score (nSPS) is 17.4. The Hall–Kier alpha value is -2.70. The van der Waals surface area contributed by atoms with E-state index < -0.39 is 4.92 Å². The topological polar surface area (TPSA) is 98.1 Å². The first-order valence-electron chi connectivity index (χ1n) is 6.06. The number of esters is 1. The van der Waals surface area contributed by atoms with E-state index in [2.05, 4.69) is 10.2 Å². The van der Waals surface area contributed by atoms with E-state index >= 15 is 0 Å². The van der Waals surface area contributed by atoms with Gasteiger partial charge in [0, 0.05) is 29.3 Å². The number of nitro groups is 1. The van der Waals surface area contributed by atoms with Crippen molar-refractivity contribution in [3.05, 3.63) is 51.2 Å². The van der Waals surface area contributed by atoms with Crippen molar-refractivity contribution >= 4 is 11.7 Å². The predicted octanol–water partition coefficient (Wildman–Crippen LogP) is 2.07. The van der Waals surface area contributed by atoms with Gasteiger partial charge in [-0.25, -0.2) is 0 Å². The van der Waals surface area contributed by atoms with Crippen molar-refractivity contribution in [3.63, 3.8) is 0 Å². The summed E-state index contributed by atoms with van der Waals surface area (Å²) in [6.07, 6.45) is 0.147. The Kier molecular flexibility index (Phi) is 2.74. The van der Waals surface area contributed by atoms with Crippen LogP contribution in [0.15, 0.2) is 24.3 Å². The monoisotopic (exact) mass is 273 g/mol. The second-order valence-electron chi connectivity index (χ2n) is 4.65. The van der Waals surface area contributed by atoms with Crippen molar-refractivity contribution in [2.75, 3.05) is 0 Å². The number of H-pyrrole nitrogens is 1. The number of rotatable bonds is 2. The van der Waals surface area contributed by atoms with E-state index in [1.54, 1.807) is 12.1 Å². The first kappa shape index (κ1) is 12.3. The molecule has 1 aliphatic heterocycles. The number of aryl methyl sites for hydroxylation is 1. The molecule has 0 saturated carbocycles. The zero-order valence-corrected chi connectivity index (χ0v) is 10.6. The van der Waals surface area contributed by atoms with Gasteiger partial charge in [-0.15, -0.1) is 5.10 Å². The van der Waals surface area contributed by atoms with Crippen LogP contribution >= 0.6 is 0 Å². The van der Waals surface area contributed by atoms with Crippen molar-refractivity contribution in [2.45, 2.75) is 19.3 Å². The molecule has 1 aromatic heterocycles. The van der Waals surface area contributed by atoms with Crippen LogP contribution in [-0.2, 0) is 4.79 Å². The summed E-state index contributed by atoms with van der Waals surface area (Å²) in [7, 11) is 0. The minimum atomic E-state index is -0.451. The molecule has 1 N–H and O–H groups in total. The molecule has 0 amide bonds. The van der Waals surface area contributed by atoms with Gasteiger partial charge in [0.2, 0.25) is 5.88 Å². The van der Waals surface area contributed by atoms with Gasteiger partial charge in [0.1, 0.15) is 0 Å². The standard InChI is InChI=1S/C13H11N3O4/c1-7-12-10(6-11(17)20-13(12)15-14-7)8-3-2-4-9(5-8)16(18)19/h2-5,10H,6H2,1H3,(H,14,15). The lowest BCUT2D eigenvalue weighted by molar-refractivity contribution is -0.384. The Morgan fingerprint density at radius 3 is 3.05 bits per heavy atom. The summed E-state index contributed by atoms with van der Waals surface area (Å²) in [4.78, 5) is 22.0. The van der Waals surface area contributed by atoms with E-state index in [-0.39, 0.29) is 29.9 Å². The Bertz CT molecular complexity index is 707. The van der Waals surface area contributed by atoms with Crippen molar-refractivity contribution in [1.29, 1.82) is 0 Å². The van der Waals surface area contributed by atoms with Gasteiger partial charge < -0.3 is 4.74 Å². The van der Waals surface area contributed by atoms with Crippen molar-refractivity contribution in [2.24, 2.45) is 0 Å². The maximum absolute atomic E-state index is 11.6. The largest absolute Gasteiger partial charge is 0.405 e. The Morgan fingerprint density at radius 2 is 2.30 bits per heavy atom. The third kappa shape index (κ3) is 1.93. The number of hydrogen-bond donors (Lipinski definition) is 1. The average Bonchev–Trinajstić information content (AvgIpc) is 2.79. The molecule has 0 spiro atoms. The van der Waals surface area contributed by atoms with E-state index in [0.717, 1.165) is 11.3 Å². The Labute approximate surface area is 113 Å². The number of nitrogens with zero attached hydrogens (tertiary/aromatic N) is 2. The van der Waals surface area contributed by atoms with Gasteiger partial charge >= 0.3 is 5.97 Å². The molecule has 0 fully saturated rings. The SMILES string of the molecule is Cc1[nH]nc2c1C(c1cccc([N+](=O)[O-])c1)CC(=O)O2. The summed E-state index contributed by atoms with van der Waals surface area (Å²) in [6, 6.07) is 6.29. The summed E-state index contributed by atoms with van der Waals surface area (Å²) in [5.74, 6) is -0.402. The fourth-order valence-corrected chi connectivity index (χ4v) is 2.46. The average molecular weight is 273 g/mol. The van der Waals surface area contributed by atoms with E-state index in [4.69, 9.17) is 4.74 Å². The number of aromatic amines is 1. The van der Waals surface area contributed by atoms with Crippen LogP contribution in [0.3, 0.4) is 0 Å². The highest BCUT2D eigenvalue weighted by Gasteiger charge is 2.32. The van der Waals surface area contributed by atoms with Gasteiger partial charge in [0.15, 0.2) is 0 Å². The van der Waals surface area contributed by atoms with Crippen LogP contribution in [0.1, 0.15) is 29.2 Å². The minimum absolute atomic E-state index is 0.00383. The van der Waals surface area contributed by atoms with Gasteiger partial charge in [0.25, 0.3) is 5.69 Å². The van der Waals surface area contributed by atoms with E-state index in [0.29, 0.717) is 5.56 Å². The Morgan fingerprint density at radius 1 is 1.50 bits per heavy atom. The molecule has 7 heteroatoms. The summed E-state index contributed by atoms with van der Waals surface area (Å²) < 4.78 is 5.07. The molecule has 0 saturated heterocycles. The molecule has 102 valence electrons. The predicted molar refractivity (Wildman–Crippen MR) is 68.5 cm³/mol. The van der Waals surface area contributed by atoms with Crippen molar-refractivity contribution < 1.29 is 14.5 Å². The molecule has 0 aliphatic carbocycles. The molecular formula is C13H11N3O4. The molecule has 0 radical (unpaired) electrons. The van der Waals surface area contributed by atoms with E-state index in [9.17, 15) is 14.9 Å². The number of ether oxygens (including phenoxy) is 1. The molecule has 2 aromatic rings. The number of non-ortho nitro benzene ring substituents is 1. The lowest BCUT2D eigenvalue weighted by Gasteiger charge is -2.21. The first-order valence-corrected chi connectivity index (χ1v) is 6.06. The number of nitro benzene ring substituents is 1. The van der Waals surface area contributed by atoms with Crippen LogP contribution in [0, 0.1) is 17.0 Å². The number of hydrogen-bond acceptors (Lipinski definition) is 5. The van der Waals surface area contributed by atoms with Crippen LogP contribution in [0.4, 0.5) is 5.69 Å². The summed E-state index contributed by atoms with van der Waals surface area (Å²) in [6.45, 7) is 1.83. The Balaban J connectivity index is 2.10. The quantitative estimate of drug-likeness (QED) is 0.513. The lowest BCUT2D eigenvalue weighted by Crippen LogP contribution is -2.21. The number of nitrogens with one attached hydrogen (secondary N) is 1. The van der Waals surface area contributed by atoms with Crippen molar-refractivity contribution in [1.82, 2.24) is 10.2 Å². The zero-order valence-electron chi connectivity index (χ0n) is 10.6. The number of carbonyl (C=O) groups excluding carboxylic acids is 1. The fraction of sp³-hybridized carbons (Fsp3) is 0.231. The molecule has 1 aliphatic rings. The molecular weight excluding hydrogens is 262 g/mol. The summed E-state index contributed by atoms with van der Waals surface area (Å²) >= 11 is 0. The second-order valence-corrected chi connectivity index (χ2v) is 4.65. The van der Waals surface area contributed by atoms with Gasteiger partial charge in [-0.05, 0) is 12.5 Å². The first-order chi connectivity index (χ1) is 9.56. The summed E-state index contributed by atoms with van der Waals surface area (Å²) in [5, 5.41) is 17.6. The molecule has 2 heterocycles.